The van der Waals surface area contributed by atoms with E-state index in [4.69, 9.17) is 10.00 Å². The van der Waals surface area contributed by atoms with Gasteiger partial charge in [0, 0.05) is 12.0 Å². The van der Waals surface area contributed by atoms with Crippen LogP contribution in [0.5, 0.6) is 0 Å². The Kier molecular flexibility index (Phi) is 6.85. The summed E-state index contributed by atoms with van der Waals surface area (Å²) in [5, 5.41) is 8.40. The summed E-state index contributed by atoms with van der Waals surface area (Å²) >= 11 is 1.59. The molecular weight excluding hydrogens is 182 g/mol. The molecule has 0 N–H and O–H groups in total. The van der Waals surface area contributed by atoms with Crippen molar-refractivity contribution in [2.75, 3.05) is 12.2 Å². The summed E-state index contributed by atoms with van der Waals surface area (Å²) in [6.45, 7) is 7.23. The Balaban J connectivity index is 3.67. The zero-order valence-corrected chi connectivity index (χ0v) is 8.56. The first-order valence-electron chi connectivity index (χ1n) is 3.75. The van der Waals surface area contributed by atoms with E-state index in [1.165, 1.54) is 0 Å². The lowest BCUT2D eigenvalue weighted by molar-refractivity contribution is 0.289. The quantitative estimate of drug-likeness (QED) is 0.283. The van der Waals surface area contributed by atoms with Crippen molar-refractivity contribution < 1.29 is 4.74 Å². The van der Waals surface area contributed by atoms with E-state index in [1.807, 2.05) is 18.4 Å². The smallest absolute Gasteiger partial charge is 0.133 e. The highest BCUT2D eigenvalue weighted by molar-refractivity contribution is 7.98. The molecule has 2 nitrogen and oxygen atoms in total. The number of ether oxygens (including phenoxy) is 1. The number of nitrogens with zero attached hydrogens (tertiary/aromatic N) is 1. The average molecular weight is 195 g/mol. The largest absolute Gasteiger partial charge is 0.484 e. The predicted octanol–water partition coefficient (Wildman–Crippen LogP) is 2.86. The first kappa shape index (κ1) is 11.9. The maximum Gasteiger partial charge on any atom is 0.133 e. The minimum absolute atomic E-state index is 0.536. The second-order valence-corrected chi connectivity index (χ2v) is 3.15. The van der Waals surface area contributed by atoms with E-state index in [1.54, 1.807) is 17.8 Å². The molecule has 0 amide bonds. The van der Waals surface area contributed by atoms with Gasteiger partial charge in [-0.25, -0.2) is 0 Å². The summed E-state index contributed by atoms with van der Waals surface area (Å²) in [5.41, 5.74) is 0.536. The van der Waals surface area contributed by atoms with Crippen LogP contribution in [-0.2, 0) is 4.74 Å². The van der Waals surface area contributed by atoms with Crippen molar-refractivity contribution >= 4 is 11.8 Å². The molecule has 13 heavy (non-hydrogen) atoms. The maximum atomic E-state index is 8.40. The molecule has 0 atom stereocenters. The number of hydrogen-bond donors (Lipinski definition) is 0. The first-order chi connectivity index (χ1) is 6.20. The third kappa shape index (κ3) is 7.23. The normalized spacial score (nSPS) is 9.54. The van der Waals surface area contributed by atoms with Crippen LogP contribution < -0.4 is 0 Å². The monoisotopic (exact) mass is 195 g/mol. The van der Waals surface area contributed by atoms with Gasteiger partial charge in [0.05, 0.1) is 6.07 Å². The van der Waals surface area contributed by atoms with E-state index in [-0.39, 0.29) is 0 Å². The van der Waals surface area contributed by atoms with Gasteiger partial charge in [0.1, 0.15) is 11.7 Å². The molecule has 0 rings (SSSR count). The fourth-order valence-electron chi connectivity index (χ4n) is 0.561. The van der Waals surface area contributed by atoms with E-state index < -0.39 is 0 Å². The first-order valence-corrected chi connectivity index (χ1v) is 5.15. The number of hydrogen-bond acceptors (Lipinski definition) is 3. The van der Waals surface area contributed by atoms with Gasteiger partial charge < -0.3 is 4.74 Å². The number of rotatable bonds is 6. The Morgan fingerprint density at radius 3 is 2.85 bits per heavy atom. The van der Waals surface area contributed by atoms with Gasteiger partial charge in [-0.2, -0.15) is 5.26 Å². The van der Waals surface area contributed by atoms with Crippen LogP contribution in [0, 0.1) is 11.3 Å². The highest BCUT2D eigenvalue weighted by Gasteiger charge is 1.88. The highest BCUT2D eigenvalue weighted by atomic mass is 32.2. The molecule has 0 bridgehead atoms. The molecule has 0 radical (unpaired) electrons. The van der Waals surface area contributed by atoms with Crippen LogP contribution >= 0.6 is 11.8 Å². The number of thioether (sulfide) groups is 1. The summed E-state index contributed by atoms with van der Waals surface area (Å²) in [4.78, 5) is 0. The number of allylic oxidation sites excluding steroid dienone is 3. The van der Waals surface area contributed by atoms with Crippen LogP contribution in [0.4, 0.5) is 0 Å². The second kappa shape index (κ2) is 7.51. The molecule has 0 saturated heterocycles. The Morgan fingerprint density at radius 1 is 1.62 bits per heavy atom. The van der Waals surface area contributed by atoms with E-state index in [2.05, 4.69) is 13.2 Å². The SMILES string of the molecule is C=C(C#N)CC=CC(=C)OCSC. The Bertz CT molecular complexity index is 250. The van der Waals surface area contributed by atoms with Gasteiger partial charge in [-0.1, -0.05) is 19.2 Å². The molecule has 0 saturated carbocycles. The molecule has 0 unspecified atom stereocenters. The lowest BCUT2D eigenvalue weighted by atomic mass is 10.2. The Morgan fingerprint density at radius 2 is 2.31 bits per heavy atom. The van der Waals surface area contributed by atoms with Crippen molar-refractivity contribution in [3.8, 4) is 6.07 Å². The Hall–Kier alpha value is -1.14. The van der Waals surface area contributed by atoms with Crippen molar-refractivity contribution in [3.63, 3.8) is 0 Å². The molecule has 0 fully saturated rings. The summed E-state index contributed by atoms with van der Waals surface area (Å²) in [5.74, 6) is 1.21. The van der Waals surface area contributed by atoms with E-state index >= 15 is 0 Å². The van der Waals surface area contributed by atoms with Crippen LogP contribution in [0.1, 0.15) is 6.42 Å². The van der Waals surface area contributed by atoms with Crippen LogP contribution in [-0.4, -0.2) is 12.2 Å². The zero-order chi connectivity index (χ0) is 10.1. The number of nitriles is 1. The minimum atomic E-state index is 0.536. The molecular formula is C10H13NOS. The lowest BCUT2D eigenvalue weighted by Gasteiger charge is -2.01. The zero-order valence-electron chi connectivity index (χ0n) is 7.75. The predicted molar refractivity (Wildman–Crippen MR) is 57.1 cm³/mol. The van der Waals surface area contributed by atoms with Crippen molar-refractivity contribution in [1.29, 1.82) is 5.26 Å². The molecule has 0 aromatic heterocycles. The summed E-state index contributed by atoms with van der Waals surface area (Å²) in [6.07, 6.45) is 6.07. The van der Waals surface area contributed by atoms with Gasteiger partial charge in [-0.15, -0.1) is 11.8 Å². The third-order valence-electron chi connectivity index (χ3n) is 1.19. The van der Waals surface area contributed by atoms with Gasteiger partial charge >= 0.3 is 0 Å². The fourth-order valence-corrected chi connectivity index (χ4v) is 0.830. The van der Waals surface area contributed by atoms with Crippen LogP contribution in [0.2, 0.25) is 0 Å². The standard InChI is InChI=1S/C10H13NOS/c1-9(7-11)5-4-6-10(2)12-8-13-3/h4,6H,1-2,5,8H2,3H3. The Labute approximate surface area is 83.6 Å². The molecule has 0 spiro atoms. The summed E-state index contributed by atoms with van der Waals surface area (Å²) in [7, 11) is 0. The summed E-state index contributed by atoms with van der Waals surface area (Å²) < 4.78 is 5.18. The molecule has 0 aromatic rings. The minimum Gasteiger partial charge on any atom is -0.484 e. The van der Waals surface area contributed by atoms with Gasteiger partial charge in [-0.3, -0.25) is 0 Å². The van der Waals surface area contributed by atoms with Gasteiger partial charge in [0.25, 0.3) is 0 Å². The van der Waals surface area contributed by atoms with E-state index in [0.717, 1.165) is 0 Å². The third-order valence-corrected chi connectivity index (χ3v) is 1.54. The molecule has 3 heteroatoms. The van der Waals surface area contributed by atoms with E-state index in [9.17, 15) is 0 Å². The van der Waals surface area contributed by atoms with Gasteiger partial charge in [0.2, 0.25) is 0 Å². The maximum absolute atomic E-state index is 8.40. The highest BCUT2D eigenvalue weighted by Crippen LogP contribution is 2.04. The summed E-state index contributed by atoms with van der Waals surface area (Å²) in [6, 6.07) is 1.96. The molecule has 0 aliphatic rings. The average Bonchev–Trinajstić information content (AvgIpc) is 2.14. The second-order valence-electron chi connectivity index (χ2n) is 2.34. The fraction of sp³-hybridized carbons (Fsp3) is 0.300. The van der Waals surface area contributed by atoms with Crippen molar-refractivity contribution in [2.24, 2.45) is 0 Å². The lowest BCUT2D eigenvalue weighted by Crippen LogP contribution is -1.85. The van der Waals surface area contributed by atoms with Crippen molar-refractivity contribution in [1.82, 2.24) is 0 Å². The topological polar surface area (TPSA) is 33.0 Å². The van der Waals surface area contributed by atoms with Crippen molar-refractivity contribution in [2.45, 2.75) is 6.42 Å². The van der Waals surface area contributed by atoms with E-state index in [0.29, 0.717) is 23.7 Å². The van der Waals surface area contributed by atoms with Crippen LogP contribution in [0.15, 0.2) is 36.6 Å². The van der Waals surface area contributed by atoms with Crippen LogP contribution in [0.25, 0.3) is 0 Å². The molecule has 0 aliphatic heterocycles. The molecule has 0 aliphatic carbocycles. The van der Waals surface area contributed by atoms with Crippen molar-refractivity contribution in [3.05, 3.63) is 36.6 Å². The van der Waals surface area contributed by atoms with Gasteiger partial charge in [-0.05, 0) is 12.3 Å². The van der Waals surface area contributed by atoms with Crippen LogP contribution in [0.3, 0.4) is 0 Å². The molecule has 70 valence electrons. The van der Waals surface area contributed by atoms with Gasteiger partial charge in [0.15, 0.2) is 0 Å². The molecule has 0 heterocycles. The molecule has 0 aromatic carbocycles.